The van der Waals surface area contributed by atoms with Crippen LogP contribution >= 0.6 is 0 Å². The minimum atomic E-state index is -0.327. The van der Waals surface area contributed by atoms with Crippen molar-refractivity contribution in [3.05, 3.63) is 145 Å². The first-order valence-electron chi connectivity index (χ1n) is 12.3. The molecule has 0 aliphatic carbocycles. The molecule has 4 rings (SSSR count). The molecule has 8 nitrogen and oxygen atoms in total. The van der Waals surface area contributed by atoms with Gasteiger partial charge < -0.3 is 29.4 Å². The van der Waals surface area contributed by atoms with E-state index >= 15 is 0 Å². The Morgan fingerprint density at radius 3 is 1.07 bits per heavy atom. The number of aromatic nitrogens is 2. The molecule has 0 radical (unpaired) electrons. The summed E-state index contributed by atoms with van der Waals surface area (Å²) in [5.74, 6) is -1.24. The van der Waals surface area contributed by atoms with Gasteiger partial charge in [-0.3, -0.25) is 9.97 Å². The summed E-state index contributed by atoms with van der Waals surface area (Å²) < 4.78 is 0. The number of carbonyl (C=O) groups is 4. The molecule has 4 aromatic rings. The van der Waals surface area contributed by atoms with Gasteiger partial charge in [0.15, 0.2) is 0 Å². The van der Waals surface area contributed by atoms with Crippen molar-refractivity contribution >= 4 is 23.1 Å². The van der Waals surface area contributed by atoms with Gasteiger partial charge in [-0.1, -0.05) is 97.5 Å². The molecule has 208 valence electrons. The molecule has 0 saturated heterocycles. The van der Waals surface area contributed by atoms with E-state index in [0.29, 0.717) is 22.3 Å². The Hall–Kier alpha value is -4.21. The maximum Gasteiger partial charge on any atom is 4.00 e. The molecule has 0 spiro atoms. The van der Waals surface area contributed by atoms with Crippen LogP contribution in [0.15, 0.2) is 110 Å². The summed E-state index contributed by atoms with van der Waals surface area (Å²) in [5, 5.41) is 17.9. The van der Waals surface area contributed by atoms with E-state index in [1.165, 1.54) is 12.4 Å². The van der Waals surface area contributed by atoms with Gasteiger partial charge in [-0.05, 0) is 12.4 Å². The third kappa shape index (κ3) is 15.2. The van der Waals surface area contributed by atoms with Crippen molar-refractivity contribution < 1.29 is 51.1 Å². The van der Waals surface area contributed by atoms with Crippen molar-refractivity contribution in [2.24, 2.45) is 0 Å². The summed E-state index contributed by atoms with van der Waals surface area (Å²) in [6.07, 6.45) is 8.22. The van der Waals surface area contributed by atoms with Crippen LogP contribution in [0.25, 0.3) is 0 Å². The van der Waals surface area contributed by atoms with Gasteiger partial charge in [0, 0.05) is 12.4 Å². The zero-order valence-corrected chi connectivity index (χ0v) is 24.4. The molecule has 2 aromatic heterocycles. The average Bonchev–Trinajstić information content (AvgIpc) is 3.00. The first-order valence-corrected chi connectivity index (χ1v) is 12.3. The van der Waals surface area contributed by atoms with Crippen molar-refractivity contribution in [2.75, 3.05) is 13.2 Å². The number of benzene rings is 2. The van der Waals surface area contributed by atoms with Gasteiger partial charge in [-0.2, -0.15) is 0 Å². The molecule has 0 unspecified atom stereocenters. The molecule has 0 aliphatic heterocycles. The predicted octanol–water partition coefficient (Wildman–Crippen LogP) is 3.43. The van der Waals surface area contributed by atoms with E-state index in [1.807, 2.05) is 12.1 Å². The van der Waals surface area contributed by atoms with E-state index in [0.717, 1.165) is 12.8 Å². The van der Waals surface area contributed by atoms with Crippen molar-refractivity contribution in [3.63, 3.8) is 0 Å². The zero-order chi connectivity index (χ0) is 29.6. The van der Waals surface area contributed by atoms with Crippen molar-refractivity contribution in [2.45, 2.75) is 13.8 Å². The fourth-order valence-electron chi connectivity index (χ4n) is 2.79. The summed E-state index contributed by atoms with van der Waals surface area (Å²) in [5.41, 5.74) is 1.84. The summed E-state index contributed by atoms with van der Waals surface area (Å²) in [6.45, 7) is 3.14. The fraction of sp³-hybridized carbons (Fsp3) is 0.125. The first kappa shape index (κ1) is 36.8. The number of pyridine rings is 2. The summed E-state index contributed by atoms with van der Waals surface area (Å²) >= 11 is 0. The van der Waals surface area contributed by atoms with Crippen LogP contribution in [0, 0.1) is 12.8 Å². The number of rotatable bonds is 8. The van der Waals surface area contributed by atoms with Crippen LogP contribution in [0.4, 0.5) is 0 Å². The van der Waals surface area contributed by atoms with Crippen molar-refractivity contribution in [1.29, 1.82) is 0 Å². The minimum Gasteiger partial charge on any atom is -0.855 e. The monoisotopic (exact) mass is 586 g/mol. The van der Waals surface area contributed by atoms with E-state index in [-0.39, 0.29) is 58.1 Å². The van der Waals surface area contributed by atoms with E-state index in [9.17, 15) is 19.2 Å². The molecule has 0 saturated carbocycles. The number of nitrogens with zero attached hydrogens (tertiary/aromatic N) is 2. The zero-order valence-electron chi connectivity index (χ0n) is 22.8. The molecule has 2 aromatic carbocycles. The third-order valence-electron chi connectivity index (χ3n) is 4.53. The largest absolute Gasteiger partial charge is 4.00 e. The second-order valence-corrected chi connectivity index (χ2v) is 7.54. The SMILES string of the molecule is CC[O-].CC[O-].O=C([CH-]C(=O)c1cccnc1)c1ccccc1.O=C([CH-]C(=O)c1cccnc1)c1ccccc1.[Ti+4]. The molecule has 0 fully saturated rings. The Labute approximate surface area is 255 Å². The van der Waals surface area contributed by atoms with Gasteiger partial charge in [0.05, 0.1) is 23.1 Å². The Kier molecular flexibility index (Phi) is 20.3. The van der Waals surface area contributed by atoms with Crippen LogP contribution in [0.5, 0.6) is 0 Å². The van der Waals surface area contributed by atoms with E-state index in [2.05, 4.69) is 9.97 Å². The van der Waals surface area contributed by atoms with E-state index in [1.54, 1.807) is 99.0 Å². The molecule has 0 amide bonds. The molecule has 0 aliphatic rings. The van der Waals surface area contributed by atoms with Gasteiger partial charge in [-0.15, -0.1) is 49.6 Å². The Morgan fingerprint density at radius 1 is 0.537 bits per heavy atom. The summed E-state index contributed by atoms with van der Waals surface area (Å²) in [6, 6.07) is 24.0. The number of Topliss-reactive ketones (excluding diaryl/α,β-unsaturated/α-hetero) is 4. The van der Waals surface area contributed by atoms with Crippen LogP contribution in [0.2, 0.25) is 0 Å². The van der Waals surface area contributed by atoms with Gasteiger partial charge in [-0.25, -0.2) is 0 Å². The topological polar surface area (TPSA) is 140 Å². The molecule has 41 heavy (non-hydrogen) atoms. The molecule has 9 heteroatoms. The van der Waals surface area contributed by atoms with Crippen molar-refractivity contribution in [3.8, 4) is 0 Å². The van der Waals surface area contributed by atoms with E-state index in [4.69, 9.17) is 10.2 Å². The summed E-state index contributed by atoms with van der Waals surface area (Å²) in [7, 11) is 0. The minimum absolute atomic E-state index is 0. The van der Waals surface area contributed by atoms with Crippen LogP contribution < -0.4 is 10.2 Å². The Balaban J connectivity index is 0.000000642. The van der Waals surface area contributed by atoms with Crippen LogP contribution in [0.1, 0.15) is 55.3 Å². The quantitative estimate of drug-likeness (QED) is 0.132. The van der Waals surface area contributed by atoms with Gasteiger partial charge in [0.2, 0.25) is 0 Å². The second kappa shape index (κ2) is 22.6. The van der Waals surface area contributed by atoms with E-state index < -0.39 is 0 Å². The molecular weight excluding hydrogens is 556 g/mol. The predicted molar refractivity (Wildman–Crippen MR) is 148 cm³/mol. The fourth-order valence-corrected chi connectivity index (χ4v) is 2.79. The first-order chi connectivity index (χ1) is 19.4. The third-order valence-corrected chi connectivity index (χ3v) is 4.53. The normalized spacial score (nSPS) is 8.88. The number of hydrogen-bond acceptors (Lipinski definition) is 8. The average molecular weight is 586 g/mol. The second-order valence-electron chi connectivity index (χ2n) is 7.54. The molecular formula is C32H30N2O6Ti. The van der Waals surface area contributed by atoms with Gasteiger partial charge in [0.1, 0.15) is 0 Å². The molecule has 0 atom stereocenters. The smallest absolute Gasteiger partial charge is 0.855 e. The van der Waals surface area contributed by atoms with Crippen LogP contribution in [0.3, 0.4) is 0 Å². The number of carbonyl (C=O) groups excluding carboxylic acids is 4. The summed E-state index contributed by atoms with van der Waals surface area (Å²) in [4.78, 5) is 54.6. The molecule has 2 heterocycles. The standard InChI is InChI=1S/2C14H10NO2.2C2H5O.Ti/c2*16-13(11-5-2-1-3-6-11)9-14(17)12-7-4-8-15-10-12;2*1-2-3;/h2*1-10H;2*2H2,1H3;/q4*-1;+4. The molecule has 0 bridgehead atoms. The Bertz CT molecular complexity index is 1090. The van der Waals surface area contributed by atoms with Crippen molar-refractivity contribution in [1.82, 2.24) is 9.97 Å². The molecule has 0 N–H and O–H groups in total. The maximum atomic E-state index is 11.7. The van der Waals surface area contributed by atoms with Gasteiger partial charge >= 0.3 is 21.7 Å². The van der Waals surface area contributed by atoms with Crippen LogP contribution in [-0.2, 0) is 21.7 Å². The van der Waals surface area contributed by atoms with Crippen LogP contribution in [-0.4, -0.2) is 46.3 Å². The van der Waals surface area contributed by atoms with Gasteiger partial charge in [0.25, 0.3) is 0 Å². The number of ketones is 4. The number of hydrogen-bond donors (Lipinski definition) is 0. The maximum absolute atomic E-state index is 11.7. The Morgan fingerprint density at radius 2 is 0.805 bits per heavy atom.